The second-order valence-corrected chi connectivity index (χ2v) is 4.82. The number of halogens is 4. The van der Waals surface area contributed by atoms with Crippen LogP contribution in [0.3, 0.4) is 0 Å². The third-order valence-corrected chi connectivity index (χ3v) is 3.04. The molecular weight excluding hydrogens is 323 g/mol. The number of alkyl halides is 3. The smallest absolute Gasteiger partial charge is 0.356 e. The minimum Gasteiger partial charge on any atom is -0.356 e. The molecule has 0 spiro atoms. The summed E-state index contributed by atoms with van der Waals surface area (Å²) in [5, 5.41) is 15.7. The summed E-state index contributed by atoms with van der Waals surface area (Å²) in [6, 6.07) is 7.18. The Hall–Kier alpha value is -1.61. The number of nitrogens with one attached hydrogen (secondary N) is 1. The van der Waals surface area contributed by atoms with Gasteiger partial charge >= 0.3 is 6.18 Å². The molecule has 2 rings (SSSR count). The molecule has 22 heavy (non-hydrogen) atoms. The predicted octanol–water partition coefficient (Wildman–Crippen LogP) is 2.56. The summed E-state index contributed by atoms with van der Waals surface area (Å²) in [4.78, 5) is 0. The van der Waals surface area contributed by atoms with Gasteiger partial charge in [-0.25, -0.2) is 4.68 Å². The first-order valence-electron chi connectivity index (χ1n) is 6.17. The first kappa shape index (κ1) is 16.8. The van der Waals surface area contributed by atoms with E-state index in [2.05, 4.69) is 15.2 Å². The van der Waals surface area contributed by atoms with E-state index in [1.165, 1.54) is 13.2 Å². The molecule has 0 bridgehead atoms. The van der Waals surface area contributed by atoms with Crippen molar-refractivity contribution in [3.8, 4) is 5.69 Å². The molecule has 9 heteroatoms. The Morgan fingerprint density at radius 3 is 2.73 bits per heavy atom. The second kappa shape index (κ2) is 6.66. The Bertz CT molecular complexity index is 646. The van der Waals surface area contributed by atoms with Crippen LogP contribution in [0, 0.1) is 0 Å². The minimum atomic E-state index is -4.57. The lowest BCUT2D eigenvalue weighted by atomic mass is 10.3. The number of ether oxygens (including phenoxy) is 1. The number of hydrogen-bond acceptors (Lipinski definition) is 4. The largest absolute Gasteiger partial charge is 0.435 e. The number of nitrogens with zero attached hydrogens (tertiary/aromatic N) is 2. The van der Waals surface area contributed by atoms with Gasteiger partial charge in [-0.15, -0.1) is 0 Å². The van der Waals surface area contributed by atoms with Crippen LogP contribution in [-0.4, -0.2) is 28.4 Å². The maximum absolute atomic E-state index is 12.8. The maximum atomic E-state index is 12.8. The Morgan fingerprint density at radius 1 is 1.41 bits per heavy atom. The van der Waals surface area contributed by atoms with Gasteiger partial charge in [-0.3, -0.25) is 5.32 Å². The average Bonchev–Trinajstić information content (AvgIpc) is 2.89. The van der Waals surface area contributed by atoms with Crippen LogP contribution in [0.4, 0.5) is 13.2 Å². The Kier molecular flexibility index (Phi) is 5.07. The summed E-state index contributed by atoms with van der Waals surface area (Å²) in [6.45, 7) is -0.0788. The summed E-state index contributed by atoms with van der Waals surface area (Å²) < 4.78 is 44.2. The van der Waals surface area contributed by atoms with Crippen LogP contribution in [0.1, 0.15) is 11.4 Å². The van der Waals surface area contributed by atoms with E-state index in [1.807, 2.05) is 0 Å². The van der Waals surface area contributed by atoms with Gasteiger partial charge in [0.25, 0.3) is 0 Å². The van der Waals surface area contributed by atoms with E-state index < -0.39 is 18.3 Å². The van der Waals surface area contributed by atoms with Gasteiger partial charge in [0.05, 0.1) is 11.4 Å². The monoisotopic (exact) mass is 335 g/mol. The molecule has 2 N–H and O–H groups in total. The topological polar surface area (TPSA) is 59.3 Å². The van der Waals surface area contributed by atoms with E-state index in [-0.39, 0.29) is 12.2 Å². The van der Waals surface area contributed by atoms with Gasteiger partial charge in [0.1, 0.15) is 0 Å². The van der Waals surface area contributed by atoms with Crippen LogP contribution >= 0.6 is 11.6 Å². The summed E-state index contributed by atoms with van der Waals surface area (Å²) in [5.41, 5.74) is -0.450. The lowest BCUT2D eigenvalue weighted by molar-refractivity contribution is -0.141. The highest BCUT2D eigenvalue weighted by molar-refractivity contribution is 6.30. The van der Waals surface area contributed by atoms with Crippen LogP contribution in [0.2, 0.25) is 5.02 Å². The molecule has 0 fully saturated rings. The molecule has 1 aromatic carbocycles. The lowest BCUT2D eigenvalue weighted by Crippen LogP contribution is -2.30. The molecular formula is C13H13ClF3N3O2. The van der Waals surface area contributed by atoms with E-state index in [9.17, 15) is 18.3 Å². The number of hydrogen-bond donors (Lipinski definition) is 2. The molecule has 1 heterocycles. The van der Waals surface area contributed by atoms with Gasteiger partial charge in [0.15, 0.2) is 5.69 Å². The van der Waals surface area contributed by atoms with Gasteiger partial charge < -0.3 is 9.84 Å². The molecule has 0 amide bonds. The number of methoxy groups -OCH3 is 1. The van der Waals surface area contributed by atoms with Crippen molar-refractivity contribution in [2.75, 3.05) is 7.11 Å². The predicted molar refractivity (Wildman–Crippen MR) is 73.4 cm³/mol. The zero-order chi connectivity index (χ0) is 16.3. The Balaban J connectivity index is 2.39. The first-order valence-corrected chi connectivity index (χ1v) is 6.55. The summed E-state index contributed by atoms with van der Waals surface area (Å²) >= 11 is 5.85. The Labute approximate surface area is 129 Å². The van der Waals surface area contributed by atoms with Crippen molar-refractivity contribution in [2.24, 2.45) is 0 Å². The van der Waals surface area contributed by atoms with Crippen molar-refractivity contribution in [1.29, 1.82) is 0 Å². The number of aliphatic hydroxyl groups excluding tert-OH is 1. The van der Waals surface area contributed by atoms with E-state index in [0.29, 0.717) is 10.7 Å². The lowest BCUT2D eigenvalue weighted by Gasteiger charge is -2.12. The minimum absolute atomic E-state index is 0.0788. The highest BCUT2D eigenvalue weighted by Gasteiger charge is 2.35. The fourth-order valence-corrected chi connectivity index (χ4v) is 1.98. The average molecular weight is 336 g/mol. The van der Waals surface area contributed by atoms with Crippen LogP contribution in [0.15, 0.2) is 30.3 Å². The number of benzene rings is 1. The summed E-state index contributed by atoms with van der Waals surface area (Å²) in [7, 11) is 1.26. The highest BCUT2D eigenvalue weighted by atomic mass is 35.5. The zero-order valence-corrected chi connectivity index (χ0v) is 12.2. The van der Waals surface area contributed by atoms with Crippen molar-refractivity contribution < 1.29 is 23.0 Å². The van der Waals surface area contributed by atoms with Gasteiger partial charge in [0, 0.05) is 18.7 Å². The van der Waals surface area contributed by atoms with E-state index in [4.69, 9.17) is 11.6 Å². The van der Waals surface area contributed by atoms with Crippen LogP contribution in [-0.2, 0) is 17.5 Å². The van der Waals surface area contributed by atoms with Crippen LogP contribution in [0.25, 0.3) is 5.69 Å². The summed E-state index contributed by atoms with van der Waals surface area (Å²) in [5.74, 6) is 0. The molecule has 0 aliphatic rings. The van der Waals surface area contributed by atoms with E-state index in [1.54, 1.807) is 18.2 Å². The number of aromatic nitrogens is 2. The van der Waals surface area contributed by atoms with Gasteiger partial charge in [-0.2, -0.15) is 18.3 Å². The SMILES string of the molecule is COC(O)NCc1cc(C(F)(F)F)nn1-c1cccc(Cl)c1. The van der Waals surface area contributed by atoms with Crippen LogP contribution < -0.4 is 5.32 Å². The first-order chi connectivity index (χ1) is 10.3. The fourth-order valence-electron chi connectivity index (χ4n) is 1.79. The molecule has 0 saturated carbocycles. The zero-order valence-electron chi connectivity index (χ0n) is 11.4. The Morgan fingerprint density at radius 2 is 2.14 bits per heavy atom. The molecule has 1 atom stereocenters. The number of aliphatic hydroxyl groups is 1. The third-order valence-electron chi connectivity index (χ3n) is 2.81. The van der Waals surface area contributed by atoms with Crippen molar-refractivity contribution in [3.05, 3.63) is 46.7 Å². The normalized spacial score (nSPS) is 13.4. The highest BCUT2D eigenvalue weighted by Crippen LogP contribution is 2.29. The second-order valence-electron chi connectivity index (χ2n) is 4.38. The van der Waals surface area contributed by atoms with Crippen molar-refractivity contribution in [1.82, 2.24) is 15.1 Å². The van der Waals surface area contributed by atoms with Gasteiger partial charge in [0.2, 0.25) is 6.41 Å². The van der Waals surface area contributed by atoms with Gasteiger partial charge in [-0.1, -0.05) is 17.7 Å². The fraction of sp³-hybridized carbons (Fsp3) is 0.308. The molecule has 0 aliphatic carbocycles. The standard InChI is InChI=1S/C13H13ClF3N3O2/c1-22-12(21)18-7-10-6-11(13(15,16)17)19-20(10)9-4-2-3-8(14)5-9/h2-6,12,18,21H,7H2,1H3. The molecule has 0 radical (unpaired) electrons. The maximum Gasteiger partial charge on any atom is 0.435 e. The van der Waals surface area contributed by atoms with Crippen molar-refractivity contribution in [2.45, 2.75) is 19.1 Å². The molecule has 5 nitrogen and oxygen atoms in total. The molecule has 2 aromatic rings. The van der Waals surface area contributed by atoms with E-state index in [0.717, 1.165) is 10.7 Å². The molecule has 0 aliphatic heterocycles. The van der Waals surface area contributed by atoms with Crippen molar-refractivity contribution >= 4 is 11.6 Å². The summed E-state index contributed by atoms with van der Waals surface area (Å²) in [6.07, 6.45) is -5.87. The third kappa shape index (κ3) is 3.98. The molecule has 120 valence electrons. The van der Waals surface area contributed by atoms with Crippen molar-refractivity contribution in [3.63, 3.8) is 0 Å². The van der Waals surface area contributed by atoms with E-state index >= 15 is 0 Å². The molecule has 1 unspecified atom stereocenters. The molecule has 0 saturated heterocycles. The molecule has 1 aromatic heterocycles. The van der Waals surface area contributed by atoms with Crippen LogP contribution in [0.5, 0.6) is 0 Å². The quantitative estimate of drug-likeness (QED) is 0.825. The number of rotatable bonds is 5. The van der Waals surface area contributed by atoms with Gasteiger partial charge in [-0.05, 0) is 24.3 Å².